The van der Waals surface area contributed by atoms with E-state index < -0.39 is 5.41 Å². The Kier molecular flexibility index (Phi) is 6.20. The molecule has 0 bridgehead atoms. The zero-order valence-corrected chi connectivity index (χ0v) is 28.3. The fourth-order valence-electron chi connectivity index (χ4n) is 9.11. The highest BCUT2D eigenvalue weighted by Crippen LogP contribution is 2.62. The summed E-state index contributed by atoms with van der Waals surface area (Å²) in [6.45, 7) is 0. The predicted molar refractivity (Wildman–Crippen MR) is 215 cm³/mol. The third-order valence-corrected chi connectivity index (χ3v) is 11.2. The van der Waals surface area contributed by atoms with Crippen molar-refractivity contribution in [3.8, 4) is 33.4 Å². The van der Waals surface area contributed by atoms with E-state index in [1.807, 2.05) is 12.4 Å². The van der Waals surface area contributed by atoms with E-state index in [-0.39, 0.29) is 0 Å². The van der Waals surface area contributed by atoms with E-state index in [2.05, 4.69) is 181 Å². The third-order valence-electron chi connectivity index (χ3n) is 11.2. The molecule has 0 N–H and O–H groups in total. The molecule has 0 unspecified atom stereocenters. The molecule has 10 aromatic rings. The Morgan fingerprint density at radius 1 is 0.442 bits per heavy atom. The molecular weight excluding hydrogens is 631 g/mol. The van der Waals surface area contributed by atoms with E-state index >= 15 is 0 Å². The van der Waals surface area contributed by atoms with Crippen LogP contribution in [0.3, 0.4) is 0 Å². The molecule has 2 aromatic heterocycles. The molecule has 242 valence electrons. The average molecular weight is 662 g/mol. The number of furan rings is 1. The van der Waals surface area contributed by atoms with Crippen molar-refractivity contribution in [1.29, 1.82) is 0 Å². The number of pyridine rings is 1. The number of aromatic nitrogens is 1. The maximum absolute atomic E-state index is 6.90. The average Bonchev–Trinajstić information content (AvgIpc) is 3.75. The summed E-state index contributed by atoms with van der Waals surface area (Å²) in [4.78, 5) is 4.59. The summed E-state index contributed by atoms with van der Waals surface area (Å²) >= 11 is 0. The lowest BCUT2D eigenvalue weighted by Gasteiger charge is -2.34. The summed E-state index contributed by atoms with van der Waals surface area (Å²) in [6.07, 6.45) is 3.89. The Morgan fingerprint density at radius 3 is 1.81 bits per heavy atom. The molecule has 52 heavy (non-hydrogen) atoms. The van der Waals surface area contributed by atoms with Gasteiger partial charge in [-0.2, -0.15) is 0 Å². The monoisotopic (exact) mass is 661 g/mol. The number of para-hydroxylation sites is 1. The Hall–Kier alpha value is -6.77. The summed E-state index contributed by atoms with van der Waals surface area (Å²) in [6, 6.07) is 64.0. The molecular formula is C50H31NO. The first-order chi connectivity index (χ1) is 25.8. The molecule has 0 aliphatic heterocycles. The minimum atomic E-state index is -0.634. The SMILES string of the molecule is c1ccc(-c2cc3c(c4c2oc2ccccc24)-c2c(cc(-c4cccc5ccncc45)c4ccccc24)C3(c2ccccc2)c2ccccc2)cc1. The lowest BCUT2D eigenvalue weighted by Crippen LogP contribution is -2.28. The van der Waals surface area contributed by atoms with Crippen molar-refractivity contribution in [1.82, 2.24) is 4.98 Å². The minimum absolute atomic E-state index is 0.634. The van der Waals surface area contributed by atoms with E-state index in [1.165, 1.54) is 60.7 Å². The molecule has 0 atom stereocenters. The highest BCUT2D eigenvalue weighted by molar-refractivity contribution is 6.23. The van der Waals surface area contributed by atoms with Gasteiger partial charge in [-0.05, 0) is 90.5 Å². The summed E-state index contributed by atoms with van der Waals surface area (Å²) < 4.78 is 6.90. The van der Waals surface area contributed by atoms with Crippen molar-refractivity contribution in [3.63, 3.8) is 0 Å². The topological polar surface area (TPSA) is 26.0 Å². The van der Waals surface area contributed by atoms with Gasteiger partial charge in [-0.1, -0.05) is 152 Å². The standard InChI is InChI=1S/C50H31NO/c1-4-15-32(16-5-1)40-29-44-48(47-39-24-12-13-26-45(39)52-49(40)47)46-38-23-11-10-22-36(38)41(37-25-14-17-33-27-28-51-31-42(33)37)30-43(46)50(44,34-18-6-2-7-19-34)35-20-8-3-9-21-35/h1-31H. The second-order valence-electron chi connectivity index (χ2n) is 13.8. The van der Waals surface area contributed by atoms with Crippen molar-refractivity contribution < 1.29 is 4.42 Å². The van der Waals surface area contributed by atoms with Crippen molar-refractivity contribution in [2.75, 3.05) is 0 Å². The van der Waals surface area contributed by atoms with Gasteiger partial charge in [0.1, 0.15) is 11.2 Å². The molecule has 0 radical (unpaired) electrons. The van der Waals surface area contributed by atoms with Crippen molar-refractivity contribution in [3.05, 3.63) is 211 Å². The molecule has 1 aliphatic carbocycles. The van der Waals surface area contributed by atoms with Gasteiger partial charge in [0.2, 0.25) is 0 Å². The zero-order valence-electron chi connectivity index (χ0n) is 28.3. The second kappa shape index (κ2) is 11.1. The minimum Gasteiger partial charge on any atom is -0.455 e. The van der Waals surface area contributed by atoms with Crippen LogP contribution in [0.25, 0.3) is 76.9 Å². The van der Waals surface area contributed by atoms with E-state index in [9.17, 15) is 0 Å². The lowest BCUT2D eigenvalue weighted by atomic mass is 9.66. The molecule has 2 nitrogen and oxygen atoms in total. The fraction of sp³-hybridized carbons (Fsp3) is 0.0200. The molecule has 0 saturated carbocycles. The lowest BCUT2D eigenvalue weighted by molar-refractivity contribution is 0.669. The van der Waals surface area contributed by atoms with Crippen LogP contribution < -0.4 is 0 Å². The molecule has 0 spiro atoms. The molecule has 0 fully saturated rings. The Morgan fingerprint density at radius 2 is 1.06 bits per heavy atom. The van der Waals surface area contributed by atoms with E-state index in [1.54, 1.807) is 0 Å². The Labute approximate surface area is 301 Å². The number of rotatable bonds is 4. The summed E-state index contributed by atoms with van der Waals surface area (Å²) in [5, 5.41) is 7.05. The first kappa shape index (κ1) is 29.0. The molecule has 0 saturated heterocycles. The Balaban J connectivity index is 1.41. The predicted octanol–water partition coefficient (Wildman–Crippen LogP) is 13.0. The number of benzene rings is 8. The first-order valence-electron chi connectivity index (χ1n) is 17.9. The number of hydrogen-bond acceptors (Lipinski definition) is 2. The van der Waals surface area contributed by atoms with Crippen LogP contribution in [0.15, 0.2) is 193 Å². The summed E-state index contributed by atoms with van der Waals surface area (Å²) in [5.41, 5.74) is 13.3. The molecule has 1 aliphatic rings. The van der Waals surface area contributed by atoms with Crippen molar-refractivity contribution in [2.24, 2.45) is 0 Å². The quantitative estimate of drug-likeness (QED) is 0.188. The molecule has 2 heterocycles. The largest absolute Gasteiger partial charge is 0.455 e. The molecule has 8 aromatic carbocycles. The molecule has 11 rings (SSSR count). The highest BCUT2D eigenvalue weighted by atomic mass is 16.3. The van der Waals surface area contributed by atoms with Gasteiger partial charge in [-0.25, -0.2) is 0 Å². The number of fused-ring (bicyclic) bond motifs is 10. The van der Waals surface area contributed by atoms with Gasteiger partial charge in [0, 0.05) is 34.1 Å². The van der Waals surface area contributed by atoms with Gasteiger partial charge in [0.25, 0.3) is 0 Å². The van der Waals surface area contributed by atoms with Gasteiger partial charge in [-0.3, -0.25) is 4.98 Å². The molecule has 0 amide bonds. The zero-order chi connectivity index (χ0) is 34.2. The van der Waals surface area contributed by atoms with E-state index in [4.69, 9.17) is 4.42 Å². The summed E-state index contributed by atoms with van der Waals surface area (Å²) in [7, 11) is 0. The van der Waals surface area contributed by atoms with Crippen LogP contribution in [0.4, 0.5) is 0 Å². The van der Waals surface area contributed by atoms with Gasteiger partial charge in [0.15, 0.2) is 0 Å². The van der Waals surface area contributed by atoms with Crippen LogP contribution in [-0.2, 0) is 5.41 Å². The van der Waals surface area contributed by atoms with E-state index in [0.717, 1.165) is 38.5 Å². The van der Waals surface area contributed by atoms with Crippen LogP contribution in [0.1, 0.15) is 22.3 Å². The van der Waals surface area contributed by atoms with Crippen LogP contribution in [-0.4, -0.2) is 4.98 Å². The number of nitrogens with zero attached hydrogens (tertiary/aromatic N) is 1. The van der Waals surface area contributed by atoms with Gasteiger partial charge < -0.3 is 4.42 Å². The van der Waals surface area contributed by atoms with Gasteiger partial charge in [-0.15, -0.1) is 0 Å². The maximum Gasteiger partial charge on any atom is 0.143 e. The van der Waals surface area contributed by atoms with Gasteiger partial charge in [0.05, 0.1) is 5.41 Å². The number of hydrogen-bond donors (Lipinski definition) is 0. The molecule has 2 heteroatoms. The Bertz CT molecular complexity index is 2950. The summed E-state index contributed by atoms with van der Waals surface area (Å²) in [5.74, 6) is 0. The highest BCUT2D eigenvalue weighted by Gasteiger charge is 2.49. The van der Waals surface area contributed by atoms with Crippen LogP contribution >= 0.6 is 0 Å². The van der Waals surface area contributed by atoms with Crippen molar-refractivity contribution >= 4 is 43.5 Å². The second-order valence-corrected chi connectivity index (χ2v) is 13.8. The van der Waals surface area contributed by atoms with Crippen molar-refractivity contribution in [2.45, 2.75) is 5.41 Å². The van der Waals surface area contributed by atoms with E-state index in [0.29, 0.717) is 0 Å². The first-order valence-corrected chi connectivity index (χ1v) is 17.9. The van der Waals surface area contributed by atoms with Crippen LogP contribution in [0.5, 0.6) is 0 Å². The van der Waals surface area contributed by atoms with Crippen LogP contribution in [0.2, 0.25) is 0 Å². The van der Waals surface area contributed by atoms with Gasteiger partial charge >= 0.3 is 0 Å². The van der Waals surface area contributed by atoms with Crippen LogP contribution in [0, 0.1) is 0 Å². The normalized spacial score (nSPS) is 13.2. The third kappa shape index (κ3) is 3.92. The smallest absolute Gasteiger partial charge is 0.143 e. The maximum atomic E-state index is 6.90. The fourth-order valence-corrected chi connectivity index (χ4v) is 9.11.